The third kappa shape index (κ3) is 2.18. The number of hydrogen-bond acceptors (Lipinski definition) is 4. The summed E-state index contributed by atoms with van der Waals surface area (Å²) in [6.07, 6.45) is 2.78. The van der Waals surface area contributed by atoms with Crippen LogP contribution in [0.4, 0.5) is 0 Å². The largest absolute Gasteiger partial charge is 0.469 e. The average molecular weight is 196 g/mol. The Labute approximate surface area is 81.7 Å². The highest BCUT2D eigenvalue weighted by molar-refractivity contribution is 6.04. The lowest BCUT2D eigenvalue weighted by atomic mass is 10.2. The van der Waals surface area contributed by atoms with Gasteiger partial charge in [0.05, 0.1) is 19.6 Å². The fourth-order valence-corrected chi connectivity index (χ4v) is 1.10. The van der Waals surface area contributed by atoms with Gasteiger partial charge in [-0.3, -0.25) is 9.59 Å². The van der Waals surface area contributed by atoms with Crippen molar-refractivity contribution in [1.82, 2.24) is 9.55 Å². The number of imidazole rings is 1. The van der Waals surface area contributed by atoms with Crippen molar-refractivity contribution >= 4 is 11.8 Å². The number of carbonyl (C=O) groups is 2. The first-order chi connectivity index (χ1) is 6.69. The minimum atomic E-state index is -0.529. The number of aryl methyl sites for hydroxylation is 1. The van der Waals surface area contributed by atoms with E-state index in [2.05, 4.69) is 9.72 Å². The second-order valence-electron chi connectivity index (χ2n) is 2.74. The topological polar surface area (TPSA) is 61.2 Å². The van der Waals surface area contributed by atoms with E-state index in [-0.39, 0.29) is 12.2 Å². The molecule has 1 aromatic rings. The molecule has 14 heavy (non-hydrogen) atoms. The van der Waals surface area contributed by atoms with Crippen molar-refractivity contribution < 1.29 is 14.3 Å². The standard InChI is InChI=1S/C9H12N2O3/c1-3-11-6-10-5-7(11)8(12)4-9(13)14-2/h5-6H,3-4H2,1-2H3. The molecule has 0 fully saturated rings. The van der Waals surface area contributed by atoms with Crippen LogP contribution in [0.3, 0.4) is 0 Å². The van der Waals surface area contributed by atoms with Crippen LogP contribution in [0.15, 0.2) is 12.5 Å². The maximum absolute atomic E-state index is 11.5. The lowest BCUT2D eigenvalue weighted by Crippen LogP contribution is -2.13. The number of methoxy groups -OCH3 is 1. The van der Waals surface area contributed by atoms with Gasteiger partial charge in [-0.25, -0.2) is 4.98 Å². The quantitative estimate of drug-likeness (QED) is 0.403. The summed E-state index contributed by atoms with van der Waals surface area (Å²) in [7, 11) is 1.26. The van der Waals surface area contributed by atoms with Gasteiger partial charge in [-0.15, -0.1) is 0 Å². The number of rotatable bonds is 4. The fourth-order valence-electron chi connectivity index (χ4n) is 1.10. The molecule has 1 aromatic heterocycles. The predicted molar refractivity (Wildman–Crippen MR) is 48.9 cm³/mol. The van der Waals surface area contributed by atoms with E-state index >= 15 is 0 Å². The number of nitrogens with zero attached hydrogens (tertiary/aromatic N) is 2. The van der Waals surface area contributed by atoms with Crippen molar-refractivity contribution in [3.8, 4) is 0 Å². The first kappa shape index (κ1) is 10.4. The van der Waals surface area contributed by atoms with Crippen LogP contribution < -0.4 is 0 Å². The Kier molecular flexibility index (Phi) is 3.39. The van der Waals surface area contributed by atoms with Crippen molar-refractivity contribution in [3.63, 3.8) is 0 Å². The van der Waals surface area contributed by atoms with Crippen molar-refractivity contribution in [1.29, 1.82) is 0 Å². The van der Waals surface area contributed by atoms with Crippen LogP contribution in [0.5, 0.6) is 0 Å². The smallest absolute Gasteiger partial charge is 0.313 e. The van der Waals surface area contributed by atoms with E-state index < -0.39 is 5.97 Å². The summed E-state index contributed by atoms with van der Waals surface area (Å²) >= 11 is 0. The van der Waals surface area contributed by atoms with E-state index in [0.29, 0.717) is 12.2 Å². The van der Waals surface area contributed by atoms with Gasteiger partial charge in [0.1, 0.15) is 12.1 Å². The molecule has 0 bridgehead atoms. The second-order valence-corrected chi connectivity index (χ2v) is 2.74. The molecular formula is C9H12N2O3. The summed E-state index contributed by atoms with van der Waals surface area (Å²) < 4.78 is 6.09. The van der Waals surface area contributed by atoms with Crippen LogP contribution in [0.2, 0.25) is 0 Å². The molecule has 5 heteroatoms. The summed E-state index contributed by atoms with van der Waals surface area (Å²) in [6.45, 7) is 2.55. The maximum atomic E-state index is 11.5. The normalized spacial score (nSPS) is 9.86. The number of Topliss-reactive ketones (excluding diaryl/α,β-unsaturated/α-hetero) is 1. The summed E-state index contributed by atoms with van der Waals surface area (Å²) in [5.74, 6) is -0.796. The monoisotopic (exact) mass is 196 g/mol. The molecule has 0 aliphatic carbocycles. The van der Waals surface area contributed by atoms with E-state index in [9.17, 15) is 9.59 Å². The second kappa shape index (κ2) is 4.55. The van der Waals surface area contributed by atoms with Gasteiger partial charge in [0.25, 0.3) is 0 Å². The van der Waals surface area contributed by atoms with Gasteiger partial charge >= 0.3 is 5.97 Å². The Morgan fingerprint density at radius 2 is 2.29 bits per heavy atom. The molecular weight excluding hydrogens is 184 g/mol. The van der Waals surface area contributed by atoms with Crippen LogP contribution in [0.1, 0.15) is 23.8 Å². The first-order valence-electron chi connectivity index (χ1n) is 4.29. The number of hydrogen-bond donors (Lipinski definition) is 0. The van der Waals surface area contributed by atoms with Crippen LogP contribution in [0.25, 0.3) is 0 Å². The number of ether oxygens (including phenoxy) is 1. The van der Waals surface area contributed by atoms with Crippen molar-refractivity contribution in [2.45, 2.75) is 19.9 Å². The zero-order chi connectivity index (χ0) is 10.6. The van der Waals surface area contributed by atoms with Crippen LogP contribution >= 0.6 is 0 Å². The van der Waals surface area contributed by atoms with Gasteiger partial charge in [0, 0.05) is 6.54 Å². The van der Waals surface area contributed by atoms with Crippen LogP contribution in [0, 0.1) is 0 Å². The van der Waals surface area contributed by atoms with Crippen LogP contribution in [-0.4, -0.2) is 28.4 Å². The molecule has 0 aliphatic rings. The SMILES string of the molecule is CCn1cncc1C(=O)CC(=O)OC. The Morgan fingerprint density at radius 1 is 1.57 bits per heavy atom. The van der Waals surface area contributed by atoms with Gasteiger partial charge in [0.2, 0.25) is 0 Å². The molecule has 1 rings (SSSR count). The molecule has 0 saturated carbocycles. The number of carbonyl (C=O) groups excluding carboxylic acids is 2. The maximum Gasteiger partial charge on any atom is 0.313 e. The molecule has 0 spiro atoms. The Morgan fingerprint density at radius 3 is 2.86 bits per heavy atom. The predicted octanol–water partition coefficient (Wildman–Crippen LogP) is 0.649. The molecule has 0 amide bonds. The highest BCUT2D eigenvalue weighted by Gasteiger charge is 2.15. The Hall–Kier alpha value is -1.65. The Balaban J connectivity index is 2.74. The third-order valence-electron chi connectivity index (χ3n) is 1.87. The molecule has 0 saturated heterocycles. The lowest BCUT2D eigenvalue weighted by Gasteiger charge is -2.02. The number of aromatic nitrogens is 2. The number of esters is 1. The van der Waals surface area contributed by atoms with Gasteiger partial charge in [-0.05, 0) is 6.92 Å². The highest BCUT2D eigenvalue weighted by atomic mass is 16.5. The summed E-state index contributed by atoms with van der Waals surface area (Å²) in [6, 6.07) is 0. The molecule has 0 aromatic carbocycles. The van der Waals surface area contributed by atoms with E-state index in [0.717, 1.165) is 0 Å². The van der Waals surface area contributed by atoms with E-state index in [1.54, 1.807) is 10.9 Å². The molecule has 0 unspecified atom stereocenters. The van der Waals surface area contributed by atoms with Gasteiger partial charge in [0.15, 0.2) is 5.78 Å². The van der Waals surface area contributed by atoms with Crippen molar-refractivity contribution in [3.05, 3.63) is 18.2 Å². The van der Waals surface area contributed by atoms with Crippen LogP contribution in [-0.2, 0) is 16.1 Å². The fraction of sp³-hybridized carbons (Fsp3) is 0.444. The summed E-state index contributed by atoms with van der Waals surface area (Å²) in [5, 5.41) is 0. The summed E-state index contributed by atoms with van der Waals surface area (Å²) in [5.41, 5.74) is 0.443. The molecule has 0 atom stereocenters. The number of ketones is 1. The van der Waals surface area contributed by atoms with E-state index in [1.165, 1.54) is 13.3 Å². The molecule has 1 heterocycles. The van der Waals surface area contributed by atoms with Gasteiger partial charge < -0.3 is 9.30 Å². The minimum absolute atomic E-state index is 0.234. The van der Waals surface area contributed by atoms with Crippen molar-refractivity contribution in [2.24, 2.45) is 0 Å². The zero-order valence-corrected chi connectivity index (χ0v) is 8.19. The minimum Gasteiger partial charge on any atom is -0.469 e. The highest BCUT2D eigenvalue weighted by Crippen LogP contribution is 2.03. The molecule has 76 valence electrons. The molecule has 0 radical (unpaired) electrons. The first-order valence-corrected chi connectivity index (χ1v) is 4.29. The van der Waals surface area contributed by atoms with Gasteiger partial charge in [-0.2, -0.15) is 0 Å². The van der Waals surface area contributed by atoms with Crippen molar-refractivity contribution in [2.75, 3.05) is 7.11 Å². The third-order valence-corrected chi connectivity index (χ3v) is 1.87. The zero-order valence-electron chi connectivity index (χ0n) is 8.19. The average Bonchev–Trinajstić information content (AvgIpc) is 2.65. The van der Waals surface area contributed by atoms with E-state index in [1.807, 2.05) is 6.92 Å². The molecule has 5 nitrogen and oxygen atoms in total. The van der Waals surface area contributed by atoms with E-state index in [4.69, 9.17) is 0 Å². The lowest BCUT2D eigenvalue weighted by molar-refractivity contribution is -0.139. The van der Waals surface area contributed by atoms with Gasteiger partial charge in [-0.1, -0.05) is 0 Å². The molecule has 0 N–H and O–H groups in total. The summed E-state index contributed by atoms with van der Waals surface area (Å²) in [4.78, 5) is 26.2. The molecule has 0 aliphatic heterocycles. The Bertz CT molecular complexity index is 344.